The van der Waals surface area contributed by atoms with E-state index >= 15 is 0 Å². The van der Waals surface area contributed by atoms with Crippen molar-refractivity contribution in [1.82, 2.24) is 14.1 Å². The molecule has 11 heteroatoms. The lowest BCUT2D eigenvalue weighted by Crippen LogP contribution is -2.41. The molecule has 0 unspecified atom stereocenters. The molecule has 2 aromatic rings. The summed E-state index contributed by atoms with van der Waals surface area (Å²) < 4.78 is 31.0. The molecular formula is C25H28N4O6S. The minimum Gasteiger partial charge on any atom is -0.478 e. The molecule has 190 valence electrons. The first-order valence-electron chi connectivity index (χ1n) is 11.4. The van der Waals surface area contributed by atoms with Gasteiger partial charge in [0.25, 0.3) is 0 Å². The Morgan fingerprint density at radius 3 is 2.33 bits per heavy atom. The molecule has 10 nitrogen and oxygen atoms in total. The number of aromatic carboxylic acids is 1. The number of carboxylic acids is 1. The number of sulfonamides is 1. The average Bonchev–Trinajstić information content (AvgIpc) is 2.87. The highest BCUT2D eigenvalue weighted by Gasteiger charge is 2.26. The van der Waals surface area contributed by atoms with Gasteiger partial charge in [0.05, 0.1) is 16.8 Å². The summed E-state index contributed by atoms with van der Waals surface area (Å²) in [6.45, 7) is 2.15. The van der Waals surface area contributed by atoms with Gasteiger partial charge in [-0.15, -0.1) is 0 Å². The van der Waals surface area contributed by atoms with Crippen molar-refractivity contribution in [2.24, 2.45) is 4.99 Å². The number of aliphatic imine (C=N–C) groups is 1. The van der Waals surface area contributed by atoms with E-state index in [1.165, 1.54) is 26.2 Å². The Balaban J connectivity index is 1.31. The van der Waals surface area contributed by atoms with Crippen LogP contribution in [0.2, 0.25) is 0 Å². The molecule has 0 spiro atoms. The molecule has 0 saturated carbocycles. The summed E-state index contributed by atoms with van der Waals surface area (Å²) in [6.07, 6.45) is 1.99. The van der Waals surface area contributed by atoms with E-state index < -0.39 is 22.1 Å². The maximum Gasteiger partial charge on any atom is 0.410 e. The van der Waals surface area contributed by atoms with Gasteiger partial charge < -0.3 is 19.6 Å². The first-order chi connectivity index (χ1) is 17.1. The van der Waals surface area contributed by atoms with Crippen LogP contribution in [-0.4, -0.2) is 79.8 Å². The fraction of sp³-hybridized carbons (Fsp3) is 0.320. The van der Waals surface area contributed by atoms with Crippen LogP contribution in [0.3, 0.4) is 0 Å². The van der Waals surface area contributed by atoms with Gasteiger partial charge in [0.1, 0.15) is 6.61 Å². The lowest BCUT2D eigenvalue weighted by molar-refractivity contribution is 0.0696. The van der Waals surface area contributed by atoms with E-state index in [1.807, 2.05) is 4.90 Å². The molecule has 0 bridgehead atoms. The molecule has 2 aliphatic heterocycles. The predicted molar refractivity (Wildman–Crippen MR) is 133 cm³/mol. The predicted octanol–water partition coefficient (Wildman–Crippen LogP) is 2.78. The normalized spacial score (nSPS) is 15.8. The molecule has 2 aliphatic rings. The van der Waals surface area contributed by atoms with Crippen molar-refractivity contribution < 1.29 is 27.9 Å². The van der Waals surface area contributed by atoms with E-state index in [9.17, 15) is 18.0 Å². The van der Waals surface area contributed by atoms with E-state index in [0.29, 0.717) is 38.2 Å². The summed E-state index contributed by atoms with van der Waals surface area (Å²) in [5, 5.41) is 9.05. The van der Waals surface area contributed by atoms with E-state index in [0.717, 1.165) is 21.1 Å². The van der Waals surface area contributed by atoms with Crippen molar-refractivity contribution >= 4 is 28.4 Å². The quantitative estimate of drug-likeness (QED) is 0.606. The second-order valence-electron chi connectivity index (χ2n) is 8.86. The van der Waals surface area contributed by atoms with Crippen LogP contribution in [0.5, 0.6) is 0 Å². The third-order valence-corrected chi connectivity index (χ3v) is 7.92. The highest BCUT2D eigenvalue weighted by atomic mass is 32.2. The smallest absolute Gasteiger partial charge is 0.410 e. The SMILES string of the molecule is CN(C)S(=O)(=O)c1ccc(COC(=O)N2CCC3=C(CN(Cc4ccc(C(=O)O)cc4)C=N3)C2)cc1. The van der Waals surface area contributed by atoms with E-state index in [-0.39, 0.29) is 17.1 Å². The number of carbonyl (C=O) groups is 2. The summed E-state index contributed by atoms with van der Waals surface area (Å²) in [5.41, 5.74) is 3.93. The number of nitrogens with zero attached hydrogens (tertiary/aromatic N) is 4. The number of amides is 1. The summed E-state index contributed by atoms with van der Waals surface area (Å²) in [6, 6.07) is 13.0. The summed E-state index contributed by atoms with van der Waals surface area (Å²) in [7, 11) is -0.566. The molecule has 2 heterocycles. The number of ether oxygens (including phenoxy) is 1. The van der Waals surface area contributed by atoms with Gasteiger partial charge in [-0.1, -0.05) is 24.3 Å². The van der Waals surface area contributed by atoms with Crippen LogP contribution in [0, 0.1) is 0 Å². The van der Waals surface area contributed by atoms with Crippen molar-refractivity contribution in [2.45, 2.75) is 24.5 Å². The Labute approximate surface area is 210 Å². The molecule has 0 saturated heterocycles. The van der Waals surface area contributed by atoms with E-state index in [4.69, 9.17) is 9.84 Å². The second kappa shape index (κ2) is 10.5. The van der Waals surface area contributed by atoms with Gasteiger partial charge in [0, 0.05) is 52.4 Å². The molecule has 1 amide bonds. The Kier molecular flexibility index (Phi) is 7.41. The summed E-state index contributed by atoms with van der Waals surface area (Å²) in [4.78, 5) is 32.1. The van der Waals surface area contributed by atoms with Gasteiger partial charge in [-0.05, 0) is 41.0 Å². The zero-order chi connectivity index (χ0) is 25.9. The lowest BCUT2D eigenvalue weighted by Gasteiger charge is -2.34. The van der Waals surface area contributed by atoms with Crippen LogP contribution in [0.25, 0.3) is 0 Å². The van der Waals surface area contributed by atoms with E-state index in [1.54, 1.807) is 47.6 Å². The maximum absolute atomic E-state index is 12.7. The molecule has 36 heavy (non-hydrogen) atoms. The second-order valence-corrected chi connectivity index (χ2v) is 11.0. The highest BCUT2D eigenvalue weighted by Crippen LogP contribution is 2.24. The number of hydrogen-bond acceptors (Lipinski definition) is 7. The first-order valence-corrected chi connectivity index (χ1v) is 12.8. The van der Waals surface area contributed by atoms with Crippen molar-refractivity contribution in [3.05, 3.63) is 76.5 Å². The lowest BCUT2D eigenvalue weighted by atomic mass is 10.0. The Morgan fingerprint density at radius 2 is 1.69 bits per heavy atom. The standard InChI is InChI=1S/C25H28N4O6S/c1-27(2)36(33,34)22-9-5-19(6-10-22)16-35-25(32)29-12-11-23-21(15-29)14-28(17-26-23)13-18-3-7-20(8-4-18)24(30)31/h3-10,17H,11-16H2,1-2H3,(H,30,31). The van der Waals surface area contributed by atoms with E-state index in [2.05, 4.69) is 4.99 Å². The van der Waals surface area contributed by atoms with Crippen LogP contribution in [-0.2, 0) is 27.9 Å². The highest BCUT2D eigenvalue weighted by molar-refractivity contribution is 7.89. The monoisotopic (exact) mass is 512 g/mol. The third-order valence-electron chi connectivity index (χ3n) is 6.09. The number of benzene rings is 2. The molecule has 2 aromatic carbocycles. The van der Waals surface area contributed by atoms with Crippen LogP contribution in [0.1, 0.15) is 27.9 Å². The number of rotatable bonds is 7. The van der Waals surface area contributed by atoms with Crippen LogP contribution < -0.4 is 0 Å². The molecule has 0 aliphatic carbocycles. The van der Waals surface area contributed by atoms with Gasteiger partial charge in [0.2, 0.25) is 10.0 Å². The zero-order valence-electron chi connectivity index (χ0n) is 20.1. The Bertz CT molecular complexity index is 1300. The summed E-state index contributed by atoms with van der Waals surface area (Å²) in [5.74, 6) is -0.959. The molecule has 0 aromatic heterocycles. The number of carboxylic acid groups (broad SMARTS) is 1. The third kappa shape index (κ3) is 5.74. The van der Waals surface area contributed by atoms with Gasteiger partial charge in [-0.25, -0.2) is 27.3 Å². The van der Waals surface area contributed by atoms with Gasteiger partial charge in [-0.2, -0.15) is 0 Å². The fourth-order valence-corrected chi connectivity index (χ4v) is 4.90. The van der Waals surface area contributed by atoms with Gasteiger partial charge in [-0.3, -0.25) is 0 Å². The van der Waals surface area contributed by atoms with Crippen LogP contribution in [0.4, 0.5) is 4.79 Å². The molecule has 0 fully saturated rings. The molecule has 1 N–H and O–H groups in total. The Morgan fingerprint density at radius 1 is 1.03 bits per heavy atom. The maximum atomic E-state index is 12.7. The minimum absolute atomic E-state index is 0.0418. The molecular weight excluding hydrogens is 484 g/mol. The number of carbonyl (C=O) groups excluding carboxylic acids is 1. The molecule has 0 radical (unpaired) electrons. The van der Waals surface area contributed by atoms with Crippen LogP contribution >= 0.6 is 0 Å². The zero-order valence-corrected chi connectivity index (χ0v) is 20.9. The van der Waals surface area contributed by atoms with Crippen LogP contribution in [0.15, 0.2) is 69.7 Å². The topological polar surface area (TPSA) is 120 Å². The first kappa shape index (κ1) is 25.4. The fourth-order valence-electron chi connectivity index (χ4n) is 4.00. The number of hydrogen-bond donors (Lipinski definition) is 1. The Hall–Kier alpha value is -3.70. The summed E-state index contributed by atoms with van der Waals surface area (Å²) >= 11 is 0. The van der Waals surface area contributed by atoms with Gasteiger partial charge >= 0.3 is 12.1 Å². The van der Waals surface area contributed by atoms with Crippen molar-refractivity contribution in [3.8, 4) is 0 Å². The van der Waals surface area contributed by atoms with Crippen molar-refractivity contribution in [1.29, 1.82) is 0 Å². The van der Waals surface area contributed by atoms with Gasteiger partial charge in [0.15, 0.2) is 0 Å². The minimum atomic E-state index is -3.51. The van der Waals surface area contributed by atoms with Crippen molar-refractivity contribution in [2.75, 3.05) is 33.7 Å². The molecule has 0 atom stereocenters. The largest absolute Gasteiger partial charge is 0.478 e. The average molecular weight is 513 g/mol. The molecule has 4 rings (SSSR count). The van der Waals surface area contributed by atoms with Crippen molar-refractivity contribution in [3.63, 3.8) is 0 Å².